The molecular formula is C9H15N3O. The van der Waals surface area contributed by atoms with Gasteiger partial charge in [0.15, 0.2) is 0 Å². The van der Waals surface area contributed by atoms with Gasteiger partial charge in [-0.25, -0.2) is 0 Å². The second-order valence-electron chi connectivity index (χ2n) is 3.52. The third-order valence-electron chi connectivity index (χ3n) is 2.46. The van der Waals surface area contributed by atoms with Crippen molar-refractivity contribution < 1.29 is 4.74 Å². The van der Waals surface area contributed by atoms with Crippen LogP contribution in [0.2, 0.25) is 0 Å². The molecule has 2 N–H and O–H groups in total. The number of hydrogen-bond acceptors (Lipinski definition) is 3. The zero-order valence-corrected chi connectivity index (χ0v) is 7.86. The Labute approximate surface area is 77.7 Å². The number of rotatable bonds is 1. The van der Waals surface area contributed by atoms with Crippen LogP contribution in [0, 0.1) is 6.92 Å². The number of ether oxygens (including phenoxy) is 1. The fourth-order valence-corrected chi connectivity index (χ4v) is 1.62. The highest BCUT2D eigenvalue weighted by Crippen LogP contribution is 2.20. The van der Waals surface area contributed by atoms with E-state index in [-0.39, 0.29) is 0 Å². The highest BCUT2D eigenvalue weighted by atomic mass is 16.5. The van der Waals surface area contributed by atoms with Crippen LogP contribution in [0.5, 0.6) is 0 Å². The summed E-state index contributed by atoms with van der Waals surface area (Å²) < 4.78 is 7.32. The summed E-state index contributed by atoms with van der Waals surface area (Å²) in [6.07, 6.45) is 4.15. The molecule has 0 aromatic carbocycles. The topological polar surface area (TPSA) is 53.1 Å². The summed E-state index contributed by atoms with van der Waals surface area (Å²) in [5.41, 5.74) is 7.40. The van der Waals surface area contributed by atoms with Crippen molar-refractivity contribution in [3.63, 3.8) is 0 Å². The Morgan fingerprint density at radius 2 is 2.54 bits per heavy atom. The highest BCUT2D eigenvalue weighted by Gasteiger charge is 2.16. The van der Waals surface area contributed by atoms with Crippen molar-refractivity contribution in [2.45, 2.75) is 25.8 Å². The van der Waals surface area contributed by atoms with Crippen LogP contribution in [0.3, 0.4) is 0 Å². The van der Waals surface area contributed by atoms with Crippen LogP contribution in [0.15, 0.2) is 6.20 Å². The van der Waals surface area contributed by atoms with E-state index in [0.717, 1.165) is 37.4 Å². The van der Waals surface area contributed by atoms with Gasteiger partial charge in [-0.2, -0.15) is 5.10 Å². The Balaban J connectivity index is 2.14. The highest BCUT2D eigenvalue weighted by molar-refractivity contribution is 5.39. The summed E-state index contributed by atoms with van der Waals surface area (Å²) in [6, 6.07) is 0.379. The zero-order chi connectivity index (χ0) is 9.26. The molecular weight excluding hydrogens is 166 g/mol. The molecule has 4 heteroatoms. The van der Waals surface area contributed by atoms with Gasteiger partial charge in [0, 0.05) is 12.8 Å². The number of aromatic nitrogens is 2. The van der Waals surface area contributed by atoms with E-state index in [4.69, 9.17) is 10.5 Å². The Morgan fingerprint density at radius 3 is 3.08 bits per heavy atom. The second-order valence-corrected chi connectivity index (χ2v) is 3.52. The smallest absolute Gasteiger partial charge is 0.0823 e. The molecule has 0 radical (unpaired) electrons. The third kappa shape index (κ3) is 1.67. The maximum atomic E-state index is 5.72. The van der Waals surface area contributed by atoms with Crippen LogP contribution >= 0.6 is 0 Å². The molecule has 0 bridgehead atoms. The van der Waals surface area contributed by atoms with Gasteiger partial charge in [-0.05, 0) is 19.8 Å². The van der Waals surface area contributed by atoms with E-state index in [9.17, 15) is 0 Å². The lowest BCUT2D eigenvalue weighted by Gasteiger charge is -2.22. The van der Waals surface area contributed by atoms with Crippen LogP contribution in [0.25, 0.3) is 0 Å². The molecule has 1 aliphatic rings. The minimum Gasteiger partial charge on any atom is -0.396 e. The number of nitrogens with zero attached hydrogens (tertiary/aromatic N) is 2. The van der Waals surface area contributed by atoms with Gasteiger partial charge in [-0.15, -0.1) is 0 Å². The van der Waals surface area contributed by atoms with Gasteiger partial charge in [0.25, 0.3) is 0 Å². The maximum Gasteiger partial charge on any atom is 0.0823 e. The monoisotopic (exact) mass is 181 g/mol. The van der Waals surface area contributed by atoms with Crippen LogP contribution in [0.4, 0.5) is 5.69 Å². The van der Waals surface area contributed by atoms with Crippen molar-refractivity contribution in [1.82, 2.24) is 9.78 Å². The average Bonchev–Trinajstić information content (AvgIpc) is 2.49. The van der Waals surface area contributed by atoms with E-state index in [1.165, 1.54) is 0 Å². The number of aryl methyl sites for hydroxylation is 1. The maximum absolute atomic E-state index is 5.72. The predicted molar refractivity (Wildman–Crippen MR) is 50.5 cm³/mol. The predicted octanol–water partition coefficient (Wildman–Crippen LogP) is 1.13. The lowest BCUT2D eigenvalue weighted by molar-refractivity contribution is 0.0549. The van der Waals surface area contributed by atoms with E-state index >= 15 is 0 Å². The summed E-state index contributed by atoms with van der Waals surface area (Å²) in [6.45, 7) is 3.57. The fourth-order valence-electron chi connectivity index (χ4n) is 1.62. The van der Waals surface area contributed by atoms with Crippen molar-refractivity contribution in [3.8, 4) is 0 Å². The first-order valence-corrected chi connectivity index (χ1v) is 4.66. The summed E-state index contributed by atoms with van der Waals surface area (Å²) >= 11 is 0. The van der Waals surface area contributed by atoms with E-state index in [1.807, 2.05) is 17.8 Å². The standard InChI is InChI=1S/C9H15N3O/c1-7-9(10)5-12(11-7)8-3-2-4-13-6-8/h5,8H,2-4,6,10H2,1H3. The van der Waals surface area contributed by atoms with Crippen LogP contribution < -0.4 is 5.73 Å². The molecule has 1 fully saturated rings. The average molecular weight is 181 g/mol. The van der Waals surface area contributed by atoms with Crippen molar-refractivity contribution in [2.24, 2.45) is 0 Å². The van der Waals surface area contributed by atoms with Gasteiger partial charge in [-0.3, -0.25) is 4.68 Å². The Bertz CT molecular complexity index is 270. The van der Waals surface area contributed by atoms with Gasteiger partial charge >= 0.3 is 0 Å². The van der Waals surface area contributed by atoms with Crippen molar-refractivity contribution in [2.75, 3.05) is 18.9 Å². The summed E-state index contributed by atoms with van der Waals surface area (Å²) in [7, 11) is 0. The molecule has 1 aromatic rings. The number of nitrogens with two attached hydrogens (primary N) is 1. The molecule has 4 nitrogen and oxygen atoms in total. The summed E-state index contributed by atoms with van der Waals surface area (Å²) in [5, 5.41) is 4.35. The molecule has 0 aliphatic carbocycles. The molecule has 1 saturated heterocycles. The summed E-state index contributed by atoms with van der Waals surface area (Å²) in [4.78, 5) is 0. The van der Waals surface area contributed by atoms with Crippen LogP contribution in [-0.4, -0.2) is 23.0 Å². The van der Waals surface area contributed by atoms with E-state index < -0.39 is 0 Å². The summed E-state index contributed by atoms with van der Waals surface area (Å²) in [5.74, 6) is 0. The molecule has 0 spiro atoms. The molecule has 0 amide bonds. The first kappa shape index (κ1) is 8.56. The normalized spacial score (nSPS) is 23.3. The van der Waals surface area contributed by atoms with Gasteiger partial charge in [-0.1, -0.05) is 0 Å². The molecule has 1 unspecified atom stereocenters. The lowest BCUT2D eigenvalue weighted by atomic mass is 10.1. The van der Waals surface area contributed by atoms with E-state index in [1.54, 1.807) is 0 Å². The van der Waals surface area contributed by atoms with Crippen molar-refractivity contribution in [3.05, 3.63) is 11.9 Å². The molecule has 2 heterocycles. The SMILES string of the molecule is Cc1nn(C2CCCOC2)cc1N. The molecule has 1 aliphatic heterocycles. The van der Waals surface area contributed by atoms with Crippen molar-refractivity contribution in [1.29, 1.82) is 0 Å². The quantitative estimate of drug-likeness (QED) is 0.706. The molecule has 2 rings (SSSR count). The number of hydrogen-bond donors (Lipinski definition) is 1. The Kier molecular flexibility index (Phi) is 2.22. The molecule has 1 atom stereocenters. The number of anilines is 1. The van der Waals surface area contributed by atoms with Crippen molar-refractivity contribution >= 4 is 5.69 Å². The first-order valence-electron chi connectivity index (χ1n) is 4.66. The van der Waals surface area contributed by atoms with Gasteiger partial charge in [0.2, 0.25) is 0 Å². The largest absolute Gasteiger partial charge is 0.396 e. The third-order valence-corrected chi connectivity index (χ3v) is 2.46. The van der Waals surface area contributed by atoms with Crippen LogP contribution in [-0.2, 0) is 4.74 Å². The number of nitrogen functional groups attached to an aromatic ring is 1. The van der Waals surface area contributed by atoms with Crippen LogP contribution in [0.1, 0.15) is 24.6 Å². The molecule has 13 heavy (non-hydrogen) atoms. The Morgan fingerprint density at radius 1 is 1.69 bits per heavy atom. The second kappa shape index (κ2) is 3.38. The lowest BCUT2D eigenvalue weighted by Crippen LogP contribution is -2.21. The molecule has 0 saturated carbocycles. The van der Waals surface area contributed by atoms with E-state index in [2.05, 4.69) is 5.10 Å². The van der Waals surface area contributed by atoms with Gasteiger partial charge in [0.1, 0.15) is 0 Å². The molecule has 72 valence electrons. The van der Waals surface area contributed by atoms with Gasteiger partial charge < -0.3 is 10.5 Å². The minimum absolute atomic E-state index is 0.379. The van der Waals surface area contributed by atoms with Gasteiger partial charge in [0.05, 0.1) is 24.0 Å². The first-order chi connectivity index (χ1) is 6.27. The van der Waals surface area contributed by atoms with E-state index in [0.29, 0.717) is 6.04 Å². The zero-order valence-electron chi connectivity index (χ0n) is 7.86. The minimum atomic E-state index is 0.379. The molecule has 1 aromatic heterocycles. The Hall–Kier alpha value is -1.03. The fraction of sp³-hybridized carbons (Fsp3) is 0.667.